The Bertz CT molecular complexity index is 241. The van der Waals surface area contributed by atoms with Gasteiger partial charge in [0, 0.05) is 12.6 Å². The zero-order valence-electron chi connectivity index (χ0n) is 8.43. The molecule has 0 radical (unpaired) electrons. The summed E-state index contributed by atoms with van der Waals surface area (Å²) in [6.45, 7) is 12.9. The molecule has 0 unspecified atom stereocenters. The predicted octanol–water partition coefficient (Wildman–Crippen LogP) is -0.216. The Labute approximate surface area is 79.8 Å². The van der Waals surface area contributed by atoms with E-state index in [9.17, 15) is 0 Å². The third-order valence-electron chi connectivity index (χ3n) is 2.14. The minimum atomic E-state index is 0.505. The monoisotopic (exact) mass is 180 g/mol. The molecule has 0 atom stereocenters. The summed E-state index contributed by atoms with van der Waals surface area (Å²) in [4.78, 5) is 5.30. The van der Waals surface area contributed by atoms with E-state index in [0.717, 1.165) is 24.6 Å². The molecule has 3 nitrogen and oxygen atoms in total. The molecule has 0 aliphatic carbocycles. The molecule has 3 heteroatoms. The molecule has 1 fully saturated rings. The first-order chi connectivity index (χ1) is 6.15. The van der Waals surface area contributed by atoms with Crippen molar-refractivity contribution in [3.8, 4) is 0 Å². The van der Waals surface area contributed by atoms with Gasteiger partial charge in [-0.05, 0) is 20.4 Å². The summed E-state index contributed by atoms with van der Waals surface area (Å²) in [6.07, 6.45) is 2.67. The van der Waals surface area contributed by atoms with Crippen molar-refractivity contribution in [2.75, 3.05) is 6.54 Å². The maximum Gasteiger partial charge on any atom is 0.255 e. The van der Waals surface area contributed by atoms with E-state index in [1.165, 1.54) is 0 Å². The van der Waals surface area contributed by atoms with E-state index < -0.39 is 0 Å². The third kappa shape index (κ3) is 2.34. The lowest BCUT2D eigenvalue weighted by molar-refractivity contribution is -0.377. The van der Waals surface area contributed by atoms with Crippen LogP contribution in [0.1, 0.15) is 20.3 Å². The Morgan fingerprint density at radius 1 is 1.62 bits per heavy atom. The number of amidine groups is 1. The van der Waals surface area contributed by atoms with Gasteiger partial charge >= 0.3 is 0 Å². The Kier molecular flexibility index (Phi) is 3.12. The van der Waals surface area contributed by atoms with Crippen LogP contribution in [0.2, 0.25) is 0 Å². The second kappa shape index (κ2) is 4.12. The fourth-order valence-electron chi connectivity index (χ4n) is 1.48. The van der Waals surface area contributed by atoms with Gasteiger partial charge in [-0.25, -0.2) is 5.32 Å². The summed E-state index contributed by atoms with van der Waals surface area (Å²) in [5.74, 6) is 2.04. The number of hydrogen-bond acceptors (Lipinski definition) is 1. The minimum Gasteiger partial charge on any atom is -0.337 e. The molecule has 1 heterocycles. The number of rotatable bonds is 2. The van der Waals surface area contributed by atoms with E-state index >= 15 is 0 Å². The van der Waals surface area contributed by atoms with Gasteiger partial charge in [0.05, 0.1) is 12.6 Å². The lowest BCUT2D eigenvalue weighted by Crippen LogP contribution is -2.72. The summed E-state index contributed by atoms with van der Waals surface area (Å²) in [5.41, 5.74) is 0. The van der Waals surface area contributed by atoms with Gasteiger partial charge in [-0.2, -0.15) is 0 Å². The molecule has 0 bridgehead atoms. The van der Waals surface area contributed by atoms with Gasteiger partial charge in [-0.15, -0.1) is 0 Å². The number of nitrogens with one attached hydrogen (secondary N) is 2. The minimum absolute atomic E-state index is 0.505. The molecule has 0 spiro atoms. The topological polar surface area (TPSA) is 29.2 Å². The molecule has 72 valence electrons. The summed E-state index contributed by atoms with van der Waals surface area (Å²) in [5, 5.41) is 3.21. The summed E-state index contributed by atoms with van der Waals surface area (Å²) in [7, 11) is 0. The van der Waals surface area contributed by atoms with Crippen molar-refractivity contribution in [3.63, 3.8) is 0 Å². The van der Waals surface area contributed by atoms with Crippen LogP contribution >= 0.6 is 0 Å². The third-order valence-corrected chi connectivity index (χ3v) is 2.14. The number of hydrogen-bond donors (Lipinski definition) is 2. The van der Waals surface area contributed by atoms with Crippen LogP contribution in [0.5, 0.6) is 0 Å². The van der Waals surface area contributed by atoms with Gasteiger partial charge < -0.3 is 4.90 Å². The molecular formula is C10H18N3+. The Morgan fingerprint density at radius 3 is 2.77 bits per heavy atom. The van der Waals surface area contributed by atoms with E-state index in [1.54, 1.807) is 6.20 Å². The van der Waals surface area contributed by atoms with E-state index in [2.05, 4.69) is 42.2 Å². The molecule has 0 saturated carbocycles. The lowest BCUT2D eigenvalue weighted by Gasteiger charge is -2.31. The van der Waals surface area contributed by atoms with Gasteiger partial charge in [0.1, 0.15) is 0 Å². The summed E-state index contributed by atoms with van der Waals surface area (Å²) < 4.78 is 0. The molecule has 2 N–H and O–H groups in total. The average molecular weight is 180 g/mol. The molecule has 13 heavy (non-hydrogen) atoms. The zero-order valence-corrected chi connectivity index (χ0v) is 8.43. The molecule has 0 aromatic rings. The average Bonchev–Trinajstić information content (AvgIpc) is 2.04. The van der Waals surface area contributed by atoms with E-state index in [0.29, 0.717) is 6.04 Å². The first-order valence-corrected chi connectivity index (χ1v) is 4.61. The van der Waals surface area contributed by atoms with Gasteiger partial charge in [0.2, 0.25) is 0 Å². The van der Waals surface area contributed by atoms with Crippen LogP contribution in [-0.4, -0.2) is 23.3 Å². The molecular weight excluding hydrogens is 162 g/mol. The van der Waals surface area contributed by atoms with Crippen LogP contribution in [0.25, 0.3) is 0 Å². The molecule has 1 aliphatic rings. The van der Waals surface area contributed by atoms with Crippen LogP contribution in [-0.2, 0) is 0 Å². The van der Waals surface area contributed by atoms with Crippen molar-refractivity contribution in [2.45, 2.75) is 26.3 Å². The van der Waals surface area contributed by atoms with Crippen LogP contribution in [0.3, 0.4) is 0 Å². The van der Waals surface area contributed by atoms with E-state index in [1.807, 2.05) is 0 Å². The van der Waals surface area contributed by atoms with Crippen molar-refractivity contribution in [1.82, 2.24) is 10.2 Å². The van der Waals surface area contributed by atoms with E-state index in [4.69, 9.17) is 0 Å². The summed E-state index contributed by atoms with van der Waals surface area (Å²) >= 11 is 0. The van der Waals surface area contributed by atoms with Gasteiger partial charge in [-0.3, -0.25) is 4.99 Å². The summed E-state index contributed by atoms with van der Waals surface area (Å²) in [6, 6.07) is 0.505. The van der Waals surface area contributed by atoms with Crippen LogP contribution in [0, 0.1) is 0 Å². The molecule has 0 amide bonds. The zero-order chi connectivity index (χ0) is 9.84. The van der Waals surface area contributed by atoms with Crippen molar-refractivity contribution < 1.29 is 4.99 Å². The van der Waals surface area contributed by atoms with Crippen LogP contribution in [0.4, 0.5) is 0 Å². The van der Waals surface area contributed by atoms with Crippen LogP contribution in [0.15, 0.2) is 25.2 Å². The quantitative estimate of drug-likeness (QED) is 0.615. The Morgan fingerprint density at radius 2 is 2.31 bits per heavy atom. The fraction of sp³-hybridized carbons (Fsp3) is 0.500. The molecule has 1 saturated heterocycles. The van der Waals surface area contributed by atoms with Gasteiger partial charge in [0.25, 0.3) is 5.84 Å². The molecule has 0 aromatic heterocycles. The lowest BCUT2D eigenvalue weighted by atomic mass is 10.2. The SMILES string of the molecule is C=C[NH+]=C1CCN(C(C)C)C(=C)N1. The predicted molar refractivity (Wildman–Crippen MR) is 54.9 cm³/mol. The van der Waals surface area contributed by atoms with Crippen molar-refractivity contribution in [1.29, 1.82) is 0 Å². The second-order valence-corrected chi connectivity index (χ2v) is 3.44. The number of nitrogens with zero attached hydrogens (tertiary/aromatic N) is 1. The Balaban J connectivity index is 2.61. The normalized spacial score (nSPS) is 20.7. The molecule has 1 rings (SSSR count). The first-order valence-electron chi connectivity index (χ1n) is 4.61. The van der Waals surface area contributed by atoms with Crippen molar-refractivity contribution in [3.05, 3.63) is 25.2 Å². The smallest absolute Gasteiger partial charge is 0.255 e. The largest absolute Gasteiger partial charge is 0.337 e. The maximum absolute atomic E-state index is 3.97. The maximum atomic E-state index is 3.97. The molecule has 0 aromatic carbocycles. The van der Waals surface area contributed by atoms with E-state index in [-0.39, 0.29) is 0 Å². The fourth-order valence-corrected chi connectivity index (χ4v) is 1.48. The highest BCUT2D eigenvalue weighted by Gasteiger charge is 2.23. The molecule has 1 aliphatic heterocycles. The Hall–Kier alpha value is -1.25. The first kappa shape index (κ1) is 9.84. The highest BCUT2D eigenvalue weighted by molar-refractivity contribution is 5.79. The standard InChI is InChI=1S/C10H17N3/c1-5-11-10-6-7-13(8(2)3)9(4)12-10/h5,8H,1,4,6-7H2,2-3H3,(H,11,12)/p+1. The second-order valence-electron chi connectivity index (χ2n) is 3.44. The van der Waals surface area contributed by atoms with Crippen LogP contribution < -0.4 is 10.3 Å². The van der Waals surface area contributed by atoms with Gasteiger partial charge in [0.15, 0.2) is 5.82 Å². The highest BCUT2D eigenvalue weighted by atomic mass is 15.3. The van der Waals surface area contributed by atoms with Crippen molar-refractivity contribution in [2.24, 2.45) is 0 Å². The van der Waals surface area contributed by atoms with Crippen molar-refractivity contribution >= 4 is 5.84 Å². The highest BCUT2D eigenvalue weighted by Crippen LogP contribution is 2.09. The van der Waals surface area contributed by atoms with Gasteiger partial charge in [-0.1, -0.05) is 6.58 Å².